The summed E-state index contributed by atoms with van der Waals surface area (Å²) in [6.07, 6.45) is -1.91. The molecule has 2 amide bonds. The molecular formula is C18H22F2N2O6. The minimum Gasteiger partial charge on any atom is -0.481 e. The van der Waals surface area contributed by atoms with Crippen LogP contribution in [0, 0.1) is 5.82 Å². The molecular weight excluding hydrogens is 378 g/mol. The Balaban J connectivity index is 3.14. The smallest absolute Gasteiger partial charge is 0.408 e. The van der Waals surface area contributed by atoms with E-state index in [4.69, 9.17) is 9.84 Å². The van der Waals surface area contributed by atoms with Gasteiger partial charge in [-0.05, 0) is 26.8 Å². The minimum atomic E-state index is -1.68. The first kappa shape index (κ1) is 23.0. The van der Waals surface area contributed by atoms with Gasteiger partial charge in [0.05, 0.1) is 6.42 Å². The van der Waals surface area contributed by atoms with Gasteiger partial charge in [0.15, 0.2) is 5.78 Å². The number of carboxylic acids is 1. The zero-order valence-corrected chi connectivity index (χ0v) is 15.6. The first-order valence-electron chi connectivity index (χ1n) is 8.29. The molecule has 3 N–H and O–H groups in total. The fourth-order valence-electron chi connectivity index (χ4n) is 2.19. The zero-order valence-electron chi connectivity index (χ0n) is 15.6. The molecule has 0 aliphatic rings. The molecule has 0 fully saturated rings. The lowest BCUT2D eigenvalue weighted by molar-refractivity contribution is -0.140. The van der Waals surface area contributed by atoms with Crippen LogP contribution in [-0.4, -0.2) is 47.2 Å². The second kappa shape index (κ2) is 9.77. The summed E-state index contributed by atoms with van der Waals surface area (Å²) in [5.41, 5.74) is -1.15. The van der Waals surface area contributed by atoms with E-state index in [1.165, 1.54) is 18.2 Å². The van der Waals surface area contributed by atoms with E-state index in [1.54, 1.807) is 20.8 Å². The van der Waals surface area contributed by atoms with E-state index in [1.807, 2.05) is 5.32 Å². The van der Waals surface area contributed by atoms with E-state index < -0.39 is 60.4 Å². The van der Waals surface area contributed by atoms with E-state index in [2.05, 4.69) is 5.32 Å². The molecule has 1 aromatic carbocycles. The Morgan fingerprint density at radius 1 is 1.14 bits per heavy atom. The van der Waals surface area contributed by atoms with E-state index in [0.29, 0.717) is 0 Å². The molecule has 2 atom stereocenters. The monoisotopic (exact) mass is 400 g/mol. The third-order valence-electron chi connectivity index (χ3n) is 3.36. The van der Waals surface area contributed by atoms with Crippen LogP contribution in [0.4, 0.5) is 13.6 Å². The molecule has 0 saturated heterocycles. The Labute approximate surface area is 160 Å². The number of benzene rings is 1. The average molecular weight is 400 g/mol. The predicted molar refractivity (Wildman–Crippen MR) is 93.7 cm³/mol. The maximum Gasteiger partial charge on any atom is 0.408 e. The molecule has 0 aromatic heterocycles. The van der Waals surface area contributed by atoms with Crippen LogP contribution in [0.3, 0.4) is 0 Å². The van der Waals surface area contributed by atoms with Crippen molar-refractivity contribution in [3.8, 4) is 0 Å². The summed E-state index contributed by atoms with van der Waals surface area (Å²) in [6, 6.07) is 1.73. The molecule has 154 valence electrons. The van der Waals surface area contributed by atoms with E-state index >= 15 is 0 Å². The highest BCUT2D eigenvalue weighted by molar-refractivity contribution is 5.95. The summed E-state index contributed by atoms with van der Waals surface area (Å²) >= 11 is 0. The number of alkyl carbamates (subject to hydrolysis) is 1. The Morgan fingerprint density at radius 3 is 2.25 bits per heavy atom. The van der Waals surface area contributed by atoms with Gasteiger partial charge >= 0.3 is 12.1 Å². The number of carboxylic acid groups (broad SMARTS) is 1. The maximum absolute atomic E-state index is 14.2. The highest BCUT2D eigenvalue weighted by Crippen LogP contribution is 2.19. The van der Waals surface area contributed by atoms with Crippen LogP contribution in [0.1, 0.15) is 38.8 Å². The quantitative estimate of drug-likeness (QED) is 0.613. The minimum absolute atomic E-state index is 0.243. The van der Waals surface area contributed by atoms with Gasteiger partial charge in [-0.2, -0.15) is 0 Å². The van der Waals surface area contributed by atoms with Crippen molar-refractivity contribution in [2.45, 2.75) is 44.9 Å². The summed E-state index contributed by atoms with van der Waals surface area (Å²) in [7, 11) is 0. The molecule has 1 aromatic rings. The molecule has 2 unspecified atom stereocenters. The van der Waals surface area contributed by atoms with E-state index in [0.717, 1.165) is 6.07 Å². The molecule has 8 nitrogen and oxygen atoms in total. The van der Waals surface area contributed by atoms with Crippen molar-refractivity contribution in [1.29, 1.82) is 0 Å². The number of hydrogen-bond donors (Lipinski definition) is 3. The van der Waals surface area contributed by atoms with Crippen LogP contribution in [0.15, 0.2) is 24.3 Å². The van der Waals surface area contributed by atoms with Crippen molar-refractivity contribution in [2.24, 2.45) is 0 Å². The second-order valence-electron chi connectivity index (χ2n) is 6.86. The van der Waals surface area contributed by atoms with Crippen LogP contribution in [0.5, 0.6) is 0 Å². The van der Waals surface area contributed by atoms with E-state index in [9.17, 15) is 28.0 Å². The lowest BCUT2D eigenvalue weighted by Crippen LogP contribution is -2.49. The normalized spacial score (nSPS) is 13.2. The van der Waals surface area contributed by atoms with Crippen LogP contribution in [0.25, 0.3) is 0 Å². The number of rotatable bonds is 8. The fourth-order valence-corrected chi connectivity index (χ4v) is 2.19. The first-order chi connectivity index (χ1) is 12.9. The highest BCUT2D eigenvalue weighted by atomic mass is 19.1. The molecule has 28 heavy (non-hydrogen) atoms. The Morgan fingerprint density at radius 2 is 1.75 bits per heavy atom. The topological polar surface area (TPSA) is 122 Å². The number of nitrogens with one attached hydrogen (secondary N) is 2. The maximum atomic E-state index is 14.2. The van der Waals surface area contributed by atoms with Crippen molar-refractivity contribution < 1.29 is 37.8 Å². The number of hydrogen-bond acceptors (Lipinski definition) is 5. The largest absolute Gasteiger partial charge is 0.481 e. The molecule has 1 rings (SSSR count). The van der Waals surface area contributed by atoms with Crippen molar-refractivity contribution in [2.75, 3.05) is 6.67 Å². The molecule has 0 saturated carbocycles. The third-order valence-corrected chi connectivity index (χ3v) is 3.36. The molecule has 0 bridgehead atoms. The number of Topliss-reactive ketones (excluding diaryl/α,β-unsaturated/α-hetero) is 1. The van der Waals surface area contributed by atoms with Crippen molar-refractivity contribution in [1.82, 2.24) is 10.6 Å². The van der Waals surface area contributed by atoms with Gasteiger partial charge in [0.25, 0.3) is 0 Å². The van der Waals surface area contributed by atoms with Gasteiger partial charge in [-0.3, -0.25) is 14.4 Å². The van der Waals surface area contributed by atoms with Gasteiger partial charge in [-0.1, -0.05) is 18.2 Å². The zero-order chi connectivity index (χ0) is 21.5. The Kier molecular flexibility index (Phi) is 8.02. The molecule has 0 radical (unpaired) electrons. The second-order valence-corrected chi connectivity index (χ2v) is 6.86. The van der Waals surface area contributed by atoms with Crippen LogP contribution >= 0.6 is 0 Å². The summed E-state index contributed by atoms with van der Waals surface area (Å²) in [5.74, 6) is -4.54. The van der Waals surface area contributed by atoms with Gasteiger partial charge in [-0.25, -0.2) is 13.6 Å². The fraction of sp³-hybridized carbons (Fsp3) is 0.444. The standard InChI is InChI=1S/C18H22F2N2O6/c1-18(2,3)28-17(27)22-15(10-6-4-5-7-11(10)20)16(26)21-12(8-14(24)25)13(23)9-19/h4-7,12,15H,8-9H2,1-3H3,(H,21,26)(H,22,27)(H,24,25). The highest BCUT2D eigenvalue weighted by Gasteiger charge is 2.31. The number of aliphatic carboxylic acids is 1. The third kappa shape index (κ3) is 7.29. The van der Waals surface area contributed by atoms with Gasteiger partial charge in [0.2, 0.25) is 5.91 Å². The van der Waals surface area contributed by atoms with Crippen LogP contribution in [0.2, 0.25) is 0 Å². The first-order valence-corrected chi connectivity index (χ1v) is 8.29. The van der Waals surface area contributed by atoms with E-state index in [-0.39, 0.29) is 5.56 Å². The summed E-state index contributed by atoms with van der Waals surface area (Å²) in [4.78, 5) is 47.1. The van der Waals surface area contributed by atoms with Crippen molar-refractivity contribution in [3.63, 3.8) is 0 Å². The molecule has 0 aliphatic heterocycles. The van der Waals surface area contributed by atoms with Crippen molar-refractivity contribution >= 4 is 23.8 Å². The van der Waals surface area contributed by atoms with Gasteiger partial charge in [0, 0.05) is 5.56 Å². The van der Waals surface area contributed by atoms with Crippen LogP contribution in [-0.2, 0) is 19.1 Å². The molecule has 0 aliphatic carbocycles. The summed E-state index contributed by atoms with van der Waals surface area (Å²) in [5, 5.41) is 13.1. The molecule has 0 spiro atoms. The lowest BCUT2D eigenvalue weighted by Gasteiger charge is -2.25. The van der Waals surface area contributed by atoms with Gasteiger partial charge in [0.1, 0.15) is 30.2 Å². The number of amides is 2. The Bertz CT molecular complexity index is 748. The number of ether oxygens (including phenoxy) is 1. The number of carbonyl (C=O) groups is 4. The van der Waals surface area contributed by atoms with Crippen LogP contribution < -0.4 is 10.6 Å². The number of ketones is 1. The van der Waals surface area contributed by atoms with Crippen molar-refractivity contribution in [3.05, 3.63) is 35.6 Å². The number of halogens is 2. The SMILES string of the molecule is CC(C)(C)OC(=O)NC(C(=O)NC(CC(=O)O)C(=O)CF)c1ccccc1F. The van der Waals surface area contributed by atoms with Gasteiger partial charge < -0.3 is 20.5 Å². The Hall–Kier alpha value is -3.04. The number of alkyl halides is 1. The lowest BCUT2D eigenvalue weighted by atomic mass is 10.0. The summed E-state index contributed by atoms with van der Waals surface area (Å²) < 4.78 is 31.9. The molecule has 10 heteroatoms. The predicted octanol–water partition coefficient (Wildman–Crippen LogP) is 1.89. The van der Waals surface area contributed by atoms with Gasteiger partial charge in [-0.15, -0.1) is 0 Å². The average Bonchev–Trinajstić information content (AvgIpc) is 2.57. The number of carbonyl (C=O) groups excluding carboxylic acids is 3. The molecule has 0 heterocycles. The summed E-state index contributed by atoms with van der Waals surface area (Å²) in [6.45, 7) is 3.23.